The molecule has 0 saturated carbocycles. The van der Waals surface area contributed by atoms with E-state index in [0.29, 0.717) is 13.0 Å². The lowest BCUT2D eigenvalue weighted by molar-refractivity contribution is -0.131. The molecule has 0 unspecified atom stereocenters. The van der Waals surface area contributed by atoms with Gasteiger partial charge in [0.05, 0.1) is 6.54 Å². The lowest BCUT2D eigenvalue weighted by Gasteiger charge is -2.15. The van der Waals surface area contributed by atoms with Crippen molar-refractivity contribution in [3.63, 3.8) is 0 Å². The molecule has 1 aliphatic heterocycles. The van der Waals surface area contributed by atoms with Crippen LogP contribution in [0.3, 0.4) is 0 Å². The van der Waals surface area contributed by atoms with Gasteiger partial charge in [0.25, 0.3) is 0 Å². The average Bonchev–Trinajstić information content (AvgIpc) is 2.70. The predicted octanol–water partition coefficient (Wildman–Crippen LogP) is 2.32. The molecule has 1 aliphatic rings. The maximum Gasteiger partial charge on any atom is 0.243 e. The minimum atomic E-state index is -0.152. The summed E-state index contributed by atoms with van der Waals surface area (Å²) in [6.07, 6.45) is 1.41. The zero-order valence-corrected chi connectivity index (χ0v) is 11.8. The molecule has 1 N–H and O–H groups in total. The second-order valence-corrected chi connectivity index (χ2v) is 5.29. The maximum absolute atomic E-state index is 11.8. The fourth-order valence-corrected chi connectivity index (χ4v) is 2.29. The van der Waals surface area contributed by atoms with Crippen molar-refractivity contribution in [1.82, 2.24) is 4.90 Å². The highest BCUT2D eigenvalue weighted by molar-refractivity contribution is 9.10. The summed E-state index contributed by atoms with van der Waals surface area (Å²) in [4.78, 5) is 24.8. The Balaban J connectivity index is 1.94. The van der Waals surface area contributed by atoms with Crippen LogP contribution >= 0.6 is 15.9 Å². The van der Waals surface area contributed by atoms with Crippen molar-refractivity contribution in [2.24, 2.45) is 0 Å². The van der Waals surface area contributed by atoms with Crippen molar-refractivity contribution in [3.8, 4) is 0 Å². The number of rotatable bonds is 3. The number of halogens is 1. The Morgan fingerprint density at radius 3 is 2.89 bits per heavy atom. The third-order valence-corrected chi connectivity index (χ3v) is 3.82. The van der Waals surface area contributed by atoms with E-state index in [2.05, 4.69) is 21.2 Å². The van der Waals surface area contributed by atoms with Crippen LogP contribution in [0.1, 0.15) is 18.4 Å². The average molecular weight is 311 g/mol. The Labute approximate surface area is 114 Å². The summed E-state index contributed by atoms with van der Waals surface area (Å²) in [5.74, 6) is -0.0868. The molecule has 5 heteroatoms. The predicted molar refractivity (Wildman–Crippen MR) is 73.3 cm³/mol. The highest BCUT2D eigenvalue weighted by atomic mass is 79.9. The van der Waals surface area contributed by atoms with Crippen LogP contribution in [0.5, 0.6) is 0 Å². The van der Waals surface area contributed by atoms with Gasteiger partial charge in [0.15, 0.2) is 0 Å². The van der Waals surface area contributed by atoms with Gasteiger partial charge in [-0.25, -0.2) is 0 Å². The van der Waals surface area contributed by atoms with Gasteiger partial charge in [-0.05, 0) is 31.0 Å². The Morgan fingerprint density at radius 2 is 2.28 bits per heavy atom. The molecule has 1 aromatic rings. The number of likely N-dealkylation sites (tertiary alicyclic amines) is 1. The van der Waals surface area contributed by atoms with E-state index in [1.54, 1.807) is 4.90 Å². The molecule has 4 nitrogen and oxygen atoms in total. The van der Waals surface area contributed by atoms with E-state index in [4.69, 9.17) is 0 Å². The highest BCUT2D eigenvalue weighted by Crippen LogP contribution is 2.20. The molecule has 0 bridgehead atoms. The first-order chi connectivity index (χ1) is 8.56. The largest absolute Gasteiger partial charge is 0.333 e. The van der Waals surface area contributed by atoms with E-state index in [1.807, 2.05) is 25.1 Å². The summed E-state index contributed by atoms with van der Waals surface area (Å²) in [6.45, 7) is 2.81. The van der Waals surface area contributed by atoms with Crippen LogP contribution < -0.4 is 5.32 Å². The van der Waals surface area contributed by atoms with Crippen LogP contribution in [0.25, 0.3) is 0 Å². The van der Waals surface area contributed by atoms with E-state index in [9.17, 15) is 9.59 Å². The molecule has 1 aromatic carbocycles. The summed E-state index contributed by atoms with van der Waals surface area (Å²) >= 11 is 3.42. The van der Waals surface area contributed by atoms with Crippen molar-refractivity contribution < 1.29 is 9.59 Å². The SMILES string of the molecule is Cc1ccc(NC(=O)CN2CCCC2=O)cc1Br. The standard InChI is InChI=1S/C13H15BrN2O2/c1-9-4-5-10(7-11(9)14)15-12(17)8-16-6-2-3-13(16)18/h4-5,7H,2-3,6,8H2,1H3,(H,15,17). The second kappa shape index (κ2) is 5.52. The molecule has 1 fully saturated rings. The monoisotopic (exact) mass is 310 g/mol. The van der Waals surface area contributed by atoms with Crippen molar-refractivity contribution in [2.75, 3.05) is 18.4 Å². The van der Waals surface area contributed by atoms with E-state index in [-0.39, 0.29) is 18.4 Å². The van der Waals surface area contributed by atoms with Crippen LogP contribution in [0.2, 0.25) is 0 Å². The lowest BCUT2D eigenvalue weighted by atomic mass is 10.2. The van der Waals surface area contributed by atoms with Gasteiger partial charge in [-0.3, -0.25) is 9.59 Å². The van der Waals surface area contributed by atoms with Crippen molar-refractivity contribution in [2.45, 2.75) is 19.8 Å². The molecule has 2 rings (SSSR count). The molecule has 0 radical (unpaired) electrons. The number of nitrogens with zero attached hydrogens (tertiary/aromatic N) is 1. The maximum atomic E-state index is 11.8. The van der Waals surface area contributed by atoms with Crippen LogP contribution in [0, 0.1) is 6.92 Å². The first-order valence-electron chi connectivity index (χ1n) is 5.90. The fraction of sp³-hybridized carbons (Fsp3) is 0.385. The van der Waals surface area contributed by atoms with E-state index in [0.717, 1.165) is 22.1 Å². The zero-order valence-electron chi connectivity index (χ0n) is 10.2. The van der Waals surface area contributed by atoms with E-state index in [1.165, 1.54) is 0 Å². The van der Waals surface area contributed by atoms with Gasteiger partial charge >= 0.3 is 0 Å². The van der Waals surface area contributed by atoms with Crippen LogP contribution in [-0.2, 0) is 9.59 Å². The number of hydrogen-bond acceptors (Lipinski definition) is 2. The van der Waals surface area contributed by atoms with Crippen molar-refractivity contribution in [1.29, 1.82) is 0 Å². The smallest absolute Gasteiger partial charge is 0.243 e. The Bertz CT molecular complexity index is 488. The van der Waals surface area contributed by atoms with Gasteiger partial charge in [0.2, 0.25) is 11.8 Å². The lowest BCUT2D eigenvalue weighted by Crippen LogP contribution is -2.33. The first kappa shape index (κ1) is 13.1. The summed E-state index contributed by atoms with van der Waals surface area (Å²) in [5, 5.41) is 2.79. The molecule has 0 atom stereocenters. The summed E-state index contributed by atoms with van der Waals surface area (Å²) in [5.41, 5.74) is 1.85. The number of amides is 2. The second-order valence-electron chi connectivity index (χ2n) is 4.43. The van der Waals surface area contributed by atoms with Gasteiger partial charge in [-0.15, -0.1) is 0 Å². The number of hydrogen-bond donors (Lipinski definition) is 1. The molecule has 0 spiro atoms. The summed E-state index contributed by atoms with van der Waals surface area (Å²) in [6, 6.07) is 5.64. The first-order valence-corrected chi connectivity index (χ1v) is 6.69. The summed E-state index contributed by atoms with van der Waals surface area (Å²) in [7, 11) is 0. The fourth-order valence-electron chi connectivity index (χ4n) is 1.92. The Morgan fingerprint density at radius 1 is 1.50 bits per heavy atom. The topological polar surface area (TPSA) is 49.4 Å². The Hall–Kier alpha value is -1.36. The number of carbonyl (C=O) groups is 2. The van der Waals surface area contributed by atoms with E-state index >= 15 is 0 Å². The Kier molecular flexibility index (Phi) is 4.01. The molecule has 1 heterocycles. The quantitative estimate of drug-likeness (QED) is 0.931. The molecule has 1 saturated heterocycles. The molecular formula is C13H15BrN2O2. The van der Waals surface area contributed by atoms with Gasteiger partial charge in [0.1, 0.15) is 0 Å². The van der Waals surface area contributed by atoms with Gasteiger partial charge in [-0.2, -0.15) is 0 Å². The molecule has 96 valence electrons. The normalized spacial score (nSPS) is 15.0. The molecular weight excluding hydrogens is 296 g/mol. The minimum absolute atomic E-state index is 0.0650. The van der Waals surface area contributed by atoms with Crippen LogP contribution in [-0.4, -0.2) is 29.8 Å². The third-order valence-electron chi connectivity index (χ3n) is 2.96. The van der Waals surface area contributed by atoms with Gasteiger partial charge < -0.3 is 10.2 Å². The number of nitrogens with one attached hydrogen (secondary N) is 1. The van der Waals surface area contributed by atoms with Gasteiger partial charge in [0, 0.05) is 23.1 Å². The molecule has 18 heavy (non-hydrogen) atoms. The number of benzene rings is 1. The third kappa shape index (κ3) is 3.10. The van der Waals surface area contributed by atoms with Gasteiger partial charge in [-0.1, -0.05) is 22.0 Å². The van der Waals surface area contributed by atoms with Crippen molar-refractivity contribution >= 4 is 33.4 Å². The number of carbonyl (C=O) groups excluding carboxylic acids is 2. The number of anilines is 1. The number of aryl methyl sites for hydroxylation is 1. The molecule has 2 amide bonds. The minimum Gasteiger partial charge on any atom is -0.333 e. The summed E-state index contributed by atoms with van der Waals surface area (Å²) < 4.78 is 0.956. The zero-order chi connectivity index (χ0) is 13.1. The van der Waals surface area contributed by atoms with Crippen LogP contribution in [0.4, 0.5) is 5.69 Å². The van der Waals surface area contributed by atoms with E-state index < -0.39 is 0 Å². The molecule has 0 aliphatic carbocycles. The van der Waals surface area contributed by atoms with Crippen molar-refractivity contribution in [3.05, 3.63) is 28.2 Å². The molecule has 0 aromatic heterocycles. The highest BCUT2D eigenvalue weighted by Gasteiger charge is 2.22. The van der Waals surface area contributed by atoms with Crippen LogP contribution in [0.15, 0.2) is 22.7 Å².